The second kappa shape index (κ2) is 18.0. The Kier molecular flexibility index (Phi) is 13.8. The van der Waals surface area contributed by atoms with Crippen LogP contribution in [0.5, 0.6) is 0 Å². The summed E-state index contributed by atoms with van der Waals surface area (Å²) < 4.78 is 35.2. The number of esters is 1. The Morgan fingerprint density at radius 2 is 1.22 bits per heavy atom. The van der Waals surface area contributed by atoms with E-state index in [0.717, 1.165) is 38.5 Å². The number of fused-ring (bicyclic) bond motifs is 7. The molecular weight excluding hydrogens is 881 g/mol. The van der Waals surface area contributed by atoms with Crippen molar-refractivity contribution in [3.8, 4) is 0 Å². The van der Waals surface area contributed by atoms with E-state index >= 15 is 0 Å². The molecule has 19 heteroatoms. The summed E-state index contributed by atoms with van der Waals surface area (Å²) in [6, 6.07) is 0. The molecule has 0 spiro atoms. The zero-order valence-electron chi connectivity index (χ0n) is 39.7. The number of hydrogen-bond acceptors (Lipinski definition) is 18. The maximum Gasteiger partial charge on any atom is 0.335 e. The number of allylic oxidation sites excluding steroid dienone is 2. The minimum Gasteiger partial charge on any atom is -0.479 e. The van der Waals surface area contributed by atoms with Gasteiger partial charge in [0.1, 0.15) is 67.1 Å². The molecule has 3 saturated heterocycles. The second-order valence-electron chi connectivity index (χ2n) is 23.5. The van der Waals surface area contributed by atoms with Crippen molar-refractivity contribution in [3.63, 3.8) is 0 Å². The lowest BCUT2D eigenvalue weighted by Crippen LogP contribution is -2.67. The number of carbonyl (C=O) groups is 2. The number of aliphatic carboxylic acids is 1. The van der Waals surface area contributed by atoms with Crippen LogP contribution in [-0.2, 0) is 38.0 Å². The van der Waals surface area contributed by atoms with Crippen molar-refractivity contribution in [1.29, 1.82) is 0 Å². The van der Waals surface area contributed by atoms with Crippen LogP contribution in [0.2, 0.25) is 0 Å². The smallest absolute Gasteiger partial charge is 0.335 e. The number of aliphatic hydroxyl groups is 10. The lowest BCUT2D eigenvalue weighted by atomic mass is 9.33. The highest BCUT2D eigenvalue weighted by Crippen LogP contribution is 2.76. The molecular formula is C48H76O19. The molecule has 0 aromatic carbocycles. The molecule has 0 bridgehead atoms. The highest BCUT2D eigenvalue weighted by atomic mass is 16.7. The average Bonchev–Trinajstić information content (AvgIpc) is 3.26. The molecule has 8 rings (SSSR count). The van der Waals surface area contributed by atoms with Crippen molar-refractivity contribution in [1.82, 2.24) is 0 Å². The van der Waals surface area contributed by atoms with Gasteiger partial charge >= 0.3 is 11.9 Å². The largest absolute Gasteiger partial charge is 0.479 e. The molecule has 0 radical (unpaired) electrons. The molecule has 3 heterocycles. The predicted molar refractivity (Wildman–Crippen MR) is 231 cm³/mol. The minimum atomic E-state index is -1.97. The molecule has 67 heavy (non-hydrogen) atoms. The number of rotatable bonds is 9. The SMILES string of the molecule is CC1(C)CC[C@]2(C(=O)O[C@@H]3O[C@H](CO)[C@@H](O)[C@H](O)[C@H]3O)CC[C@]3(C)C(=CC[C@@H]4[C@@]5(C)CC[C@H](O[C@@H]6O[C@H](C(=O)O)[C@@H](O)[C@H](O[C@@H]7O[C@H](CO)[C@H](O)[C@H](O)[C@H]7O)[C@H]6O)C(C)(C)[C@@H]5CC[C@]43C)[C@H]2C1. The molecule has 7 fully saturated rings. The van der Waals surface area contributed by atoms with Crippen LogP contribution in [0.25, 0.3) is 0 Å². The fourth-order valence-electron chi connectivity index (χ4n) is 15.0. The topological polar surface area (TPSA) is 312 Å². The van der Waals surface area contributed by atoms with E-state index in [1.807, 2.05) is 0 Å². The normalized spacial score (nSPS) is 52.6. The van der Waals surface area contributed by atoms with Gasteiger partial charge in [-0.2, -0.15) is 0 Å². The van der Waals surface area contributed by atoms with Crippen molar-refractivity contribution in [2.75, 3.05) is 13.2 Å². The van der Waals surface area contributed by atoms with Gasteiger partial charge in [-0.3, -0.25) is 4.79 Å². The van der Waals surface area contributed by atoms with Crippen LogP contribution in [-0.4, -0.2) is 180 Å². The molecule has 0 aromatic heterocycles. The van der Waals surface area contributed by atoms with Gasteiger partial charge in [0, 0.05) is 0 Å². The van der Waals surface area contributed by atoms with E-state index in [0.29, 0.717) is 25.7 Å². The summed E-state index contributed by atoms with van der Waals surface area (Å²) in [5.74, 6) is -1.91. The summed E-state index contributed by atoms with van der Waals surface area (Å²) in [7, 11) is 0. The minimum absolute atomic E-state index is 0.0786. The highest BCUT2D eigenvalue weighted by molar-refractivity contribution is 5.79. The zero-order chi connectivity index (χ0) is 49.1. The van der Waals surface area contributed by atoms with E-state index in [2.05, 4.69) is 54.5 Å². The molecule has 4 saturated carbocycles. The molecule has 5 aliphatic carbocycles. The van der Waals surface area contributed by atoms with Crippen LogP contribution >= 0.6 is 0 Å². The Balaban J connectivity index is 1.03. The third-order valence-corrected chi connectivity index (χ3v) is 19.3. The molecule has 0 amide bonds. The average molecular weight is 957 g/mol. The summed E-state index contributed by atoms with van der Waals surface area (Å²) in [6.07, 6.45) is -16.4. The van der Waals surface area contributed by atoms with Gasteiger partial charge in [-0.1, -0.05) is 60.1 Å². The van der Waals surface area contributed by atoms with Crippen molar-refractivity contribution in [2.45, 2.75) is 211 Å². The van der Waals surface area contributed by atoms with E-state index in [4.69, 9.17) is 28.4 Å². The lowest BCUT2D eigenvalue weighted by molar-refractivity contribution is -0.365. The van der Waals surface area contributed by atoms with Crippen LogP contribution in [0, 0.1) is 50.2 Å². The molecule has 23 atom stereocenters. The van der Waals surface area contributed by atoms with E-state index in [-0.39, 0.29) is 39.4 Å². The van der Waals surface area contributed by atoms with Crippen molar-refractivity contribution >= 4 is 11.9 Å². The number of carbonyl (C=O) groups excluding carboxylic acids is 1. The number of ether oxygens (including phenoxy) is 6. The van der Waals surface area contributed by atoms with Crippen LogP contribution < -0.4 is 0 Å². The Morgan fingerprint density at radius 1 is 0.642 bits per heavy atom. The molecule has 0 aromatic rings. The predicted octanol–water partition coefficient (Wildman–Crippen LogP) is 0.233. The molecule has 8 aliphatic rings. The van der Waals surface area contributed by atoms with Gasteiger partial charge in [0.15, 0.2) is 18.7 Å². The van der Waals surface area contributed by atoms with E-state index in [1.54, 1.807) is 0 Å². The number of carboxylic acid groups (broad SMARTS) is 1. The Bertz CT molecular complexity index is 1870. The Morgan fingerprint density at radius 3 is 1.84 bits per heavy atom. The first-order valence-electron chi connectivity index (χ1n) is 24.3. The quantitative estimate of drug-likeness (QED) is 0.0838. The fraction of sp³-hybridized carbons (Fsp3) is 0.917. The third-order valence-electron chi connectivity index (χ3n) is 19.3. The van der Waals surface area contributed by atoms with Gasteiger partial charge in [-0.25, -0.2) is 4.79 Å². The summed E-state index contributed by atoms with van der Waals surface area (Å²) >= 11 is 0. The maximum absolute atomic E-state index is 14.7. The lowest BCUT2D eigenvalue weighted by Gasteiger charge is -2.71. The summed E-state index contributed by atoms with van der Waals surface area (Å²) in [6.45, 7) is 14.4. The Labute approximate surface area is 391 Å². The van der Waals surface area contributed by atoms with Crippen molar-refractivity contribution in [3.05, 3.63) is 11.6 Å². The monoisotopic (exact) mass is 956 g/mol. The fourth-order valence-corrected chi connectivity index (χ4v) is 15.0. The van der Waals surface area contributed by atoms with E-state index in [9.17, 15) is 65.8 Å². The van der Waals surface area contributed by atoms with Crippen LogP contribution in [0.3, 0.4) is 0 Å². The summed E-state index contributed by atoms with van der Waals surface area (Å²) in [4.78, 5) is 27.1. The van der Waals surface area contributed by atoms with Crippen LogP contribution in [0.1, 0.15) is 113 Å². The van der Waals surface area contributed by atoms with Gasteiger partial charge in [0.25, 0.3) is 0 Å². The highest BCUT2D eigenvalue weighted by Gasteiger charge is 2.70. The molecule has 11 N–H and O–H groups in total. The van der Waals surface area contributed by atoms with Crippen LogP contribution in [0.4, 0.5) is 0 Å². The van der Waals surface area contributed by atoms with Crippen molar-refractivity contribution in [2.24, 2.45) is 50.2 Å². The molecule has 0 unspecified atom stereocenters. The molecule has 3 aliphatic heterocycles. The number of aliphatic hydroxyl groups excluding tert-OH is 10. The van der Waals surface area contributed by atoms with Crippen molar-refractivity contribution < 1.29 is 94.2 Å². The number of carboxylic acids is 1. The molecule has 382 valence electrons. The number of hydrogen-bond donors (Lipinski definition) is 11. The first-order valence-corrected chi connectivity index (χ1v) is 24.3. The van der Waals surface area contributed by atoms with Gasteiger partial charge in [-0.05, 0) is 109 Å². The first-order chi connectivity index (χ1) is 31.2. The van der Waals surface area contributed by atoms with E-state index in [1.165, 1.54) is 5.57 Å². The first kappa shape index (κ1) is 51.4. The molecule has 19 nitrogen and oxygen atoms in total. The van der Waals surface area contributed by atoms with Gasteiger partial charge < -0.3 is 84.6 Å². The summed E-state index contributed by atoms with van der Waals surface area (Å²) in [5, 5.41) is 115. The van der Waals surface area contributed by atoms with Crippen LogP contribution in [0.15, 0.2) is 11.6 Å². The third kappa shape index (κ3) is 8.06. The maximum atomic E-state index is 14.7. The standard InChI is InChI=1S/C48H76O19/c1-43(2)14-16-48(42(61)67-40-33(56)31(54)29(52)24(20-50)63-40)17-15-46(6)21(22(48)18-43)8-9-26-45(5)12-11-27(44(3,4)25(45)10-13-47(26,46)7)64-41-35(58)36(34(57)37(66-41)38(59)60)65-39-32(55)30(53)28(51)23(19-49)62-39/h8,22-37,39-41,49-58H,9-20H2,1-7H3,(H,59,60)/t22-,23-,24-,25+,26-,27+,28+,29-,30+,31+,32-,33-,34+,35-,36+,37+,39+,40+,41-,45+,46-,47-,48+/m1/s1. The van der Waals surface area contributed by atoms with Gasteiger partial charge in [0.2, 0.25) is 6.29 Å². The summed E-state index contributed by atoms with van der Waals surface area (Å²) in [5.41, 5.74) is -0.975. The van der Waals surface area contributed by atoms with Gasteiger partial charge in [-0.15, -0.1) is 0 Å². The van der Waals surface area contributed by atoms with Gasteiger partial charge in [0.05, 0.1) is 24.7 Å². The second-order valence-corrected chi connectivity index (χ2v) is 23.5. The van der Waals surface area contributed by atoms with E-state index < -0.39 is 134 Å². The Hall–Kier alpha value is -1.92. The zero-order valence-corrected chi connectivity index (χ0v) is 39.7.